The molecule has 1 heterocycles. The highest BCUT2D eigenvalue weighted by Gasteiger charge is 2.25. The van der Waals surface area contributed by atoms with Crippen LogP contribution >= 0.6 is 0 Å². The van der Waals surface area contributed by atoms with Crippen molar-refractivity contribution in [1.29, 1.82) is 0 Å². The van der Waals surface area contributed by atoms with Gasteiger partial charge in [-0.3, -0.25) is 4.79 Å². The van der Waals surface area contributed by atoms with E-state index >= 15 is 0 Å². The highest BCUT2D eigenvalue weighted by molar-refractivity contribution is 6.02. The van der Waals surface area contributed by atoms with Crippen LogP contribution in [-0.2, 0) is 4.79 Å². The molecule has 0 aromatic heterocycles. The number of aromatic carboxylic acids is 1. The number of amides is 1. The Bertz CT molecular complexity index is 530. The third kappa shape index (κ3) is 3.27. The molecule has 4 N–H and O–H groups in total. The zero-order chi connectivity index (χ0) is 14.7. The molecule has 2 atom stereocenters. The van der Waals surface area contributed by atoms with Crippen molar-refractivity contribution >= 4 is 17.6 Å². The van der Waals surface area contributed by atoms with Crippen LogP contribution in [0.3, 0.4) is 0 Å². The first-order valence-electron chi connectivity index (χ1n) is 6.58. The zero-order valence-corrected chi connectivity index (χ0v) is 11.2. The minimum atomic E-state index is -1.19. The number of hydrogen-bond donors (Lipinski definition) is 4. The molecule has 1 amide bonds. The molecule has 6 nitrogen and oxygen atoms in total. The van der Waals surface area contributed by atoms with Gasteiger partial charge in [-0.25, -0.2) is 4.79 Å². The summed E-state index contributed by atoms with van der Waals surface area (Å²) in [7, 11) is 0. The number of anilines is 1. The van der Waals surface area contributed by atoms with Crippen LogP contribution in [0.15, 0.2) is 18.2 Å². The van der Waals surface area contributed by atoms with Crippen molar-refractivity contribution in [1.82, 2.24) is 5.32 Å². The molecule has 0 radical (unpaired) electrons. The summed E-state index contributed by atoms with van der Waals surface area (Å²) in [5.74, 6) is -1.12. The number of phenolic OH excluding ortho intramolecular Hbond substituents is 1. The summed E-state index contributed by atoms with van der Waals surface area (Å²) in [5, 5.41) is 24.1. The highest BCUT2D eigenvalue weighted by atomic mass is 16.4. The molecule has 1 aromatic rings. The third-order valence-corrected chi connectivity index (χ3v) is 3.47. The minimum absolute atomic E-state index is 0.123. The normalized spacial score (nSPS) is 22.2. The van der Waals surface area contributed by atoms with Crippen LogP contribution in [0.5, 0.6) is 5.75 Å². The van der Waals surface area contributed by atoms with Crippen molar-refractivity contribution in [3.8, 4) is 5.75 Å². The molecule has 0 spiro atoms. The fraction of sp³-hybridized carbons (Fsp3) is 0.429. The summed E-state index contributed by atoms with van der Waals surface area (Å²) in [5.41, 5.74) is 0.0718. The lowest BCUT2D eigenvalue weighted by Crippen LogP contribution is -2.45. The number of carbonyl (C=O) groups is 2. The van der Waals surface area contributed by atoms with Crippen molar-refractivity contribution in [2.45, 2.75) is 25.8 Å². The molecular formula is C14H18N2O4. The van der Waals surface area contributed by atoms with Gasteiger partial charge in [-0.1, -0.05) is 6.92 Å². The summed E-state index contributed by atoms with van der Waals surface area (Å²) in [6.07, 6.45) is 1.76. The van der Waals surface area contributed by atoms with E-state index in [-0.39, 0.29) is 28.9 Å². The lowest BCUT2D eigenvalue weighted by Gasteiger charge is -2.27. The Kier molecular flexibility index (Phi) is 4.24. The standard InChI is InChI=1S/C14H18N2O4/c1-8-4-5-15-12(6-8)13(18)16-11-3-2-9(17)7-10(11)14(19)20/h2-3,7-8,12,15,17H,4-6H2,1H3,(H,16,18)(H,19,20). The Morgan fingerprint density at radius 1 is 1.40 bits per heavy atom. The summed E-state index contributed by atoms with van der Waals surface area (Å²) >= 11 is 0. The molecule has 0 saturated carbocycles. The fourth-order valence-corrected chi connectivity index (χ4v) is 2.35. The number of rotatable bonds is 3. The van der Waals surface area contributed by atoms with Crippen LogP contribution in [-0.4, -0.2) is 34.7 Å². The van der Waals surface area contributed by atoms with Crippen molar-refractivity contribution in [2.24, 2.45) is 5.92 Å². The maximum Gasteiger partial charge on any atom is 0.337 e. The molecule has 2 unspecified atom stereocenters. The number of phenols is 1. The van der Waals surface area contributed by atoms with Gasteiger partial charge in [-0.05, 0) is 43.5 Å². The summed E-state index contributed by atoms with van der Waals surface area (Å²) in [4.78, 5) is 23.2. The zero-order valence-electron chi connectivity index (χ0n) is 11.2. The van der Waals surface area contributed by atoms with Crippen molar-refractivity contribution in [3.05, 3.63) is 23.8 Å². The van der Waals surface area contributed by atoms with Gasteiger partial charge >= 0.3 is 5.97 Å². The Morgan fingerprint density at radius 2 is 2.15 bits per heavy atom. The molecule has 108 valence electrons. The third-order valence-electron chi connectivity index (χ3n) is 3.47. The van der Waals surface area contributed by atoms with Crippen molar-refractivity contribution in [3.63, 3.8) is 0 Å². The summed E-state index contributed by atoms with van der Waals surface area (Å²) in [6, 6.07) is 3.55. The van der Waals surface area contributed by atoms with Crippen LogP contribution in [0.2, 0.25) is 0 Å². The number of carboxylic acids is 1. The molecule has 20 heavy (non-hydrogen) atoms. The average Bonchev–Trinajstić information content (AvgIpc) is 2.40. The Morgan fingerprint density at radius 3 is 2.80 bits per heavy atom. The molecule has 1 saturated heterocycles. The topological polar surface area (TPSA) is 98.7 Å². The second-order valence-corrected chi connectivity index (χ2v) is 5.16. The molecule has 1 aliphatic rings. The number of piperidine rings is 1. The molecule has 1 fully saturated rings. The predicted molar refractivity (Wildman–Crippen MR) is 73.9 cm³/mol. The quantitative estimate of drug-likeness (QED) is 0.627. The van der Waals surface area contributed by atoms with Gasteiger partial charge in [0.2, 0.25) is 5.91 Å². The molecule has 1 aromatic carbocycles. The van der Waals surface area contributed by atoms with Crippen LogP contribution in [0, 0.1) is 5.92 Å². The van der Waals surface area contributed by atoms with E-state index < -0.39 is 5.97 Å². The number of hydrogen-bond acceptors (Lipinski definition) is 4. The highest BCUT2D eigenvalue weighted by Crippen LogP contribution is 2.22. The lowest BCUT2D eigenvalue weighted by molar-refractivity contribution is -0.119. The number of benzene rings is 1. The molecule has 0 bridgehead atoms. The maximum absolute atomic E-state index is 12.1. The summed E-state index contributed by atoms with van der Waals surface area (Å²) < 4.78 is 0. The molecule has 0 aliphatic carbocycles. The van der Waals surface area contributed by atoms with E-state index in [4.69, 9.17) is 5.11 Å². The van der Waals surface area contributed by atoms with E-state index in [9.17, 15) is 14.7 Å². The van der Waals surface area contributed by atoms with Gasteiger partial charge in [0.15, 0.2) is 0 Å². The number of carboxylic acid groups (broad SMARTS) is 1. The Labute approximate surface area is 116 Å². The Hall–Kier alpha value is -2.08. The minimum Gasteiger partial charge on any atom is -0.508 e. The van der Waals surface area contributed by atoms with Gasteiger partial charge in [0.1, 0.15) is 5.75 Å². The van der Waals surface area contributed by atoms with Gasteiger partial charge in [0.25, 0.3) is 0 Å². The van der Waals surface area contributed by atoms with Crippen LogP contribution in [0.1, 0.15) is 30.1 Å². The van der Waals surface area contributed by atoms with Gasteiger partial charge in [0.05, 0.1) is 17.3 Å². The van der Waals surface area contributed by atoms with E-state index in [1.165, 1.54) is 12.1 Å². The Balaban J connectivity index is 2.13. The van der Waals surface area contributed by atoms with E-state index in [1.807, 2.05) is 0 Å². The van der Waals surface area contributed by atoms with E-state index in [2.05, 4.69) is 17.6 Å². The summed E-state index contributed by atoms with van der Waals surface area (Å²) in [6.45, 7) is 2.87. The fourth-order valence-electron chi connectivity index (χ4n) is 2.35. The van der Waals surface area contributed by atoms with Gasteiger partial charge in [-0.2, -0.15) is 0 Å². The monoisotopic (exact) mass is 278 g/mol. The lowest BCUT2D eigenvalue weighted by atomic mass is 9.94. The van der Waals surface area contributed by atoms with Crippen LogP contribution in [0.25, 0.3) is 0 Å². The van der Waals surface area contributed by atoms with Gasteiger partial charge in [-0.15, -0.1) is 0 Å². The van der Waals surface area contributed by atoms with Crippen molar-refractivity contribution in [2.75, 3.05) is 11.9 Å². The smallest absolute Gasteiger partial charge is 0.337 e. The largest absolute Gasteiger partial charge is 0.508 e. The van der Waals surface area contributed by atoms with E-state index in [0.29, 0.717) is 5.92 Å². The second kappa shape index (κ2) is 5.92. The first-order valence-corrected chi connectivity index (χ1v) is 6.58. The predicted octanol–water partition coefficient (Wildman–Crippen LogP) is 1.42. The first-order chi connectivity index (χ1) is 9.47. The van der Waals surface area contributed by atoms with Crippen LogP contribution in [0.4, 0.5) is 5.69 Å². The molecule has 2 rings (SSSR count). The van der Waals surface area contributed by atoms with E-state index in [0.717, 1.165) is 25.5 Å². The maximum atomic E-state index is 12.1. The second-order valence-electron chi connectivity index (χ2n) is 5.16. The van der Waals surface area contributed by atoms with Gasteiger partial charge < -0.3 is 20.8 Å². The number of aromatic hydroxyl groups is 1. The number of carbonyl (C=O) groups excluding carboxylic acids is 1. The van der Waals surface area contributed by atoms with E-state index in [1.54, 1.807) is 0 Å². The van der Waals surface area contributed by atoms with Crippen molar-refractivity contribution < 1.29 is 19.8 Å². The average molecular weight is 278 g/mol. The molecule has 1 aliphatic heterocycles. The number of nitrogens with one attached hydrogen (secondary N) is 2. The SMILES string of the molecule is CC1CCNC(C(=O)Nc2ccc(O)cc2C(=O)O)C1. The molecular weight excluding hydrogens is 260 g/mol. The molecule has 6 heteroatoms. The van der Waals surface area contributed by atoms with Gasteiger partial charge in [0, 0.05) is 0 Å². The van der Waals surface area contributed by atoms with Crippen LogP contribution < -0.4 is 10.6 Å². The first kappa shape index (κ1) is 14.3.